The van der Waals surface area contributed by atoms with Crippen LogP contribution in [0.3, 0.4) is 0 Å². The highest BCUT2D eigenvalue weighted by molar-refractivity contribution is 6.04. The second-order valence-corrected chi connectivity index (χ2v) is 5.17. The van der Waals surface area contributed by atoms with Crippen LogP contribution in [0.4, 0.5) is 4.79 Å². The van der Waals surface area contributed by atoms with Crippen molar-refractivity contribution in [2.24, 2.45) is 0 Å². The van der Waals surface area contributed by atoms with Crippen molar-refractivity contribution in [3.63, 3.8) is 0 Å². The molecule has 2 aliphatic rings. The molecular weight excluding hydrogens is 266 g/mol. The summed E-state index contributed by atoms with van der Waals surface area (Å²) < 4.78 is 5.45. The van der Waals surface area contributed by atoms with Gasteiger partial charge in [-0.05, 0) is 6.92 Å². The first-order valence-electron chi connectivity index (χ1n) is 6.52. The Morgan fingerprint density at radius 1 is 1.40 bits per heavy atom. The monoisotopic (exact) mass is 285 g/mol. The third kappa shape index (κ3) is 2.91. The quantitative estimate of drug-likeness (QED) is 0.637. The Hall–Kier alpha value is -1.67. The molecule has 0 aromatic carbocycles. The summed E-state index contributed by atoms with van der Waals surface area (Å²) in [5, 5.41) is 9.12. The van der Waals surface area contributed by atoms with Gasteiger partial charge in [-0.2, -0.15) is 0 Å². The van der Waals surface area contributed by atoms with Gasteiger partial charge in [0.2, 0.25) is 5.91 Å². The molecule has 2 heterocycles. The van der Waals surface area contributed by atoms with E-state index in [4.69, 9.17) is 9.84 Å². The molecule has 8 heteroatoms. The SMILES string of the molecule is CC1CN(C(=O)CN2C(=O)CN(C)C2=O)CC(CO)O1. The lowest BCUT2D eigenvalue weighted by molar-refractivity contribution is -0.149. The molecule has 0 radical (unpaired) electrons. The highest BCUT2D eigenvalue weighted by Gasteiger charge is 2.37. The number of likely N-dealkylation sites (N-methyl/N-ethyl adjacent to an activating group) is 1. The number of amides is 4. The number of carbonyl (C=O) groups is 3. The number of carbonyl (C=O) groups excluding carboxylic acids is 3. The van der Waals surface area contributed by atoms with Crippen molar-refractivity contribution in [1.29, 1.82) is 0 Å². The van der Waals surface area contributed by atoms with Crippen LogP contribution in [0.15, 0.2) is 0 Å². The summed E-state index contributed by atoms with van der Waals surface area (Å²) in [6.45, 7) is 2.05. The minimum Gasteiger partial charge on any atom is -0.394 e. The van der Waals surface area contributed by atoms with E-state index in [2.05, 4.69) is 0 Å². The maximum absolute atomic E-state index is 12.2. The van der Waals surface area contributed by atoms with Crippen molar-refractivity contribution in [2.75, 3.05) is 39.8 Å². The van der Waals surface area contributed by atoms with Crippen molar-refractivity contribution >= 4 is 17.8 Å². The van der Waals surface area contributed by atoms with Crippen LogP contribution in [0.25, 0.3) is 0 Å². The molecule has 20 heavy (non-hydrogen) atoms. The minimum atomic E-state index is -0.455. The fourth-order valence-corrected chi connectivity index (χ4v) is 2.41. The van der Waals surface area contributed by atoms with Gasteiger partial charge in [-0.1, -0.05) is 0 Å². The van der Waals surface area contributed by atoms with Crippen molar-refractivity contribution in [2.45, 2.75) is 19.1 Å². The van der Waals surface area contributed by atoms with E-state index >= 15 is 0 Å². The molecule has 4 amide bonds. The van der Waals surface area contributed by atoms with E-state index in [0.717, 1.165) is 4.90 Å². The molecule has 2 saturated heterocycles. The number of hydrogen-bond acceptors (Lipinski definition) is 5. The number of hydrogen-bond donors (Lipinski definition) is 1. The summed E-state index contributed by atoms with van der Waals surface area (Å²) in [4.78, 5) is 39.3. The fraction of sp³-hybridized carbons (Fsp3) is 0.750. The molecule has 0 saturated carbocycles. The van der Waals surface area contributed by atoms with Crippen LogP contribution in [0.1, 0.15) is 6.92 Å². The van der Waals surface area contributed by atoms with E-state index in [-0.39, 0.29) is 44.2 Å². The van der Waals surface area contributed by atoms with Gasteiger partial charge in [-0.15, -0.1) is 0 Å². The van der Waals surface area contributed by atoms with Crippen molar-refractivity contribution < 1.29 is 24.2 Å². The summed E-state index contributed by atoms with van der Waals surface area (Å²) in [5.74, 6) is -0.679. The molecular formula is C12H19N3O5. The van der Waals surface area contributed by atoms with Gasteiger partial charge in [0, 0.05) is 20.1 Å². The van der Waals surface area contributed by atoms with Gasteiger partial charge >= 0.3 is 6.03 Å². The van der Waals surface area contributed by atoms with E-state index in [1.807, 2.05) is 6.92 Å². The number of morpholine rings is 1. The smallest absolute Gasteiger partial charge is 0.327 e. The van der Waals surface area contributed by atoms with Gasteiger partial charge in [-0.25, -0.2) is 4.79 Å². The maximum Gasteiger partial charge on any atom is 0.327 e. The lowest BCUT2D eigenvalue weighted by Gasteiger charge is -2.36. The Morgan fingerprint density at radius 2 is 2.10 bits per heavy atom. The Bertz CT molecular complexity index is 427. The Balaban J connectivity index is 1.97. The predicted molar refractivity (Wildman–Crippen MR) is 67.7 cm³/mol. The van der Waals surface area contributed by atoms with Gasteiger partial charge in [0.25, 0.3) is 5.91 Å². The topological polar surface area (TPSA) is 90.4 Å². The molecule has 0 bridgehead atoms. The van der Waals surface area contributed by atoms with E-state index in [1.54, 1.807) is 0 Å². The normalized spacial score (nSPS) is 27.4. The summed E-state index contributed by atoms with van der Waals surface area (Å²) in [6.07, 6.45) is -0.604. The summed E-state index contributed by atoms with van der Waals surface area (Å²) >= 11 is 0. The molecule has 2 atom stereocenters. The third-order valence-electron chi connectivity index (χ3n) is 3.41. The van der Waals surface area contributed by atoms with Gasteiger partial charge in [0.1, 0.15) is 13.1 Å². The molecule has 0 aliphatic carbocycles. The first kappa shape index (κ1) is 14.7. The summed E-state index contributed by atoms with van der Waals surface area (Å²) in [5.41, 5.74) is 0. The molecule has 0 aromatic rings. The first-order chi connectivity index (χ1) is 9.42. The Labute approximate surface area is 116 Å². The van der Waals surface area contributed by atoms with Crippen LogP contribution in [0.5, 0.6) is 0 Å². The molecule has 2 unspecified atom stereocenters. The molecule has 0 spiro atoms. The standard InChI is InChI=1S/C12H19N3O5/c1-8-3-14(4-9(7-16)20-8)10(17)6-15-11(18)5-13(2)12(15)19/h8-9,16H,3-7H2,1-2H3. The minimum absolute atomic E-state index is 0.00485. The number of ether oxygens (including phenoxy) is 1. The zero-order valence-electron chi connectivity index (χ0n) is 11.6. The fourth-order valence-electron chi connectivity index (χ4n) is 2.41. The highest BCUT2D eigenvalue weighted by Crippen LogP contribution is 2.13. The van der Waals surface area contributed by atoms with Crippen LogP contribution in [-0.4, -0.2) is 89.7 Å². The summed E-state index contributed by atoms with van der Waals surface area (Å²) in [6, 6.07) is -0.455. The van der Waals surface area contributed by atoms with Crippen LogP contribution >= 0.6 is 0 Å². The van der Waals surface area contributed by atoms with Crippen LogP contribution in [0, 0.1) is 0 Å². The number of aliphatic hydroxyl groups excluding tert-OH is 1. The van der Waals surface area contributed by atoms with Crippen LogP contribution in [-0.2, 0) is 14.3 Å². The Kier molecular flexibility index (Phi) is 4.24. The van der Waals surface area contributed by atoms with Crippen molar-refractivity contribution in [3.05, 3.63) is 0 Å². The van der Waals surface area contributed by atoms with Crippen molar-refractivity contribution in [1.82, 2.24) is 14.7 Å². The van der Waals surface area contributed by atoms with Crippen LogP contribution < -0.4 is 0 Å². The van der Waals surface area contributed by atoms with Gasteiger partial charge in [0.05, 0.1) is 18.8 Å². The molecule has 112 valence electrons. The van der Waals surface area contributed by atoms with Gasteiger partial charge in [-0.3, -0.25) is 14.5 Å². The van der Waals surface area contributed by atoms with E-state index < -0.39 is 12.1 Å². The summed E-state index contributed by atoms with van der Waals surface area (Å²) in [7, 11) is 1.52. The highest BCUT2D eigenvalue weighted by atomic mass is 16.5. The first-order valence-corrected chi connectivity index (χ1v) is 6.52. The maximum atomic E-state index is 12.2. The lowest BCUT2D eigenvalue weighted by Crippen LogP contribution is -2.53. The molecule has 2 rings (SSSR count). The number of urea groups is 1. The van der Waals surface area contributed by atoms with Gasteiger partial charge < -0.3 is 19.6 Å². The molecule has 1 N–H and O–H groups in total. The number of imide groups is 1. The second kappa shape index (κ2) is 5.76. The van der Waals surface area contributed by atoms with Crippen LogP contribution in [0.2, 0.25) is 0 Å². The lowest BCUT2D eigenvalue weighted by atomic mass is 10.2. The Morgan fingerprint density at radius 3 is 2.65 bits per heavy atom. The number of rotatable bonds is 3. The van der Waals surface area contributed by atoms with Crippen molar-refractivity contribution in [3.8, 4) is 0 Å². The molecule has 2 fully saturated rings. The largest absolute Gasteiger partial charge is 0.394 e. The third-order valence-corrected chi connectivity index (χ3v) is 3.41. The average Bonchev–Trinajstić information content (AvgIpc) is 2.64. The van der Waals surface area contributed by atoms with Gasteiger partial charge in [0.15, 0.2) is 0 Å². The zero-order valence-corrected chi connectivity index (χ0v) is 11.6. The zero-order chi connectivity index (χ0) is 14.9. The molecule has 0 aromatic heterocycles. The number of aliphatic hydroxyl groups is 1. The molecule has 8 nitrogen and oxygen atoms in total. The average molecular weight is 285 g/mol. The van der Waals surface area contributed by atoms with E-state index in [9.17, 15) is 14.4 Å². The number of nitrogens with zero attached hydrogens (tertiary/aromatic N) is 3. The second-order valence-electron chi connectivity index (χ2n) is 5.17. The van der Waals surface area contributed by atoms with E-state index in [1.165, 1.54) is 16.8 Å². The van der Waals surface area contributed by atoms with E-state index in [0.29, 0.717) is 6.54 Å². The molecule has 2 aliphatic heterocycles. The predicted octanol–water partition coefficient (Wildman–Crippen LogP) is -1.51.